The van der Waals surface area contributed by atoms with Gasteiger partial charge in [0.25, 0.3) is 0 Å². The number of aromatic amines is 1. The van der Waals surface area contributed by atoms with Crippen LogP contribution in [0.5, 0.6) is 0 Å². The number of carbonyl (C=O) groups is 1. The second kappa shape index (κ2) is 8.92. The van der Waals surface area contributed by atoms with Gasteiger partial charge in [0, 0.05) is 73.7 Å². The topological polar surface area (TPSA) is 116 Å². The Hall–Kier alpha value is -3.29. The first-order valence-electron chi connectivity index (χ1n) is 13.5. The monoisotopic (exact) mass is 500 g/mol. The van der Waals surface area contributed by atoms with Crippen molar-refractivity contribution in [1.82, 2.24) is 34.5 Å². The molecule has 10 heteroatoms. The first-order chi connectivity index (χ1) is 18.1. The van der Waals surface area contributed by atoms with Gasteiger partial charge in [-0.15, -0.1) is 0 Å². The molecule has 0 aliphatic carbocycles. The van der Waals surface area contributed by atoms with Crippen LogP contribution in [0.3, 0.4) is 0 Å². The third-order valence-electron chi connectivity index (χ3n) is 9.15. The van der Waals surface area contributed by atoms with Crippen LogP contribution in [-0.2, 0) is 15.1 Å². The van der Waals surface area contributed by atoms with E-state index in [1.54, 1.807) is 6.33 Å². The van der Waals surface area contributed by atoms with Gasteiger partial charge in [0.2, 0.25) is 5.91 Å². The van der Waals surface area contributed by atoms with Crippen molar-refractivity contribution in [1.29, 1.82) is 5.26 Å². The standard InChI is InChI=1S/C27H32N8O2/c28-7-6-27(34-14-19(13-32-34)24-23-3-8-29-25(23)31-17-30-24)15-33(16-27)22-11-20-1-2-21(12-22)35(20)26(36)18-4-9-37-10-5-18/h3,8,13-14,17-18,20-22H,1-2,4-6,9-12,15-16H2,(H,29,30,31). The highest BCUT2D eigenvalue weighted by Crippen LogP contribution is 2.43. The third kappa shape index (κ3) is 3.75. The minimum Gasteiger partial charge on any atom is -0.381 e. The second-order valence-corrected chi connectivity index (χ2v) is 11.2. The summed E-state index contributed by atoms with van der Waals surface area (Å²) in [6, 6.07) is 5.55. The SMILES string of the molecule is N#CCC1(n2cc(-c3ncnc4[nH]ccc34)cn2)CN(C2CC3CCC(C2)N3C(=O)C2CCOCC2)C1. The molecule has 3 aromatic heterocycles. The van der Waals surface area contributed by atoms with Gasteiger partial charge in [0.05, 0.1) is 24.4 Å². The van der Waals surface area contributed by atoms with Crippen LogP contribution in [-0.4, -0.2) is 84.9 Å². The summed E-state index contributed by atoms with van der Waals surface area (Å²) in [5, 5.41) is 15.4. The Balaban J connectivity index is 1.06. The van der Waals surface area contributed by atoms with Gasteiger partial charge in [-0.05, 0) is 44.6 Å². The van der Waals surface area contributed by atoms with Crippen LogP contribution in [0, 0.1) is 17.2 Å². The molecule has 7 rings (SSSR count). The van der Waals surface area contributed by atoms with Crippen LogP contribution in [0.4, 0.5) is 0 Å². The number of H-pyrrole nitrogens is 1. The van der Waals surface area contributed by atoms with E-state index in [0.717, 1.165) is 73.9 Å². The Morgan fingerprint density at radius 3 is 2.68 bits per heavy atom. The zero-order chi connectivity index (χ0) is 25.0. The smallest absolute Gasteiger partial charge is 0.226 e. The molecule has 192 valence electrons. The van der Waals surface area contributed by atoms with E-state index in [2.05, 4.69) is 30.8 Å². The van der Waals surface area contributed by atoms with E-state index >= 15 is 0 Å². The summed E-state index contributed by atoms with van der Waals surface area (Å²) >= 11 is 0. The zero-order valence-electron chi connectivity index (χ0n) is 20.9. The number of nitrogens with zero attached hydrogens (tertiary/aromatic N) is 7. The van der Waals surface area contributed by atoms with Crippen molar-refractivity contribution in [2.75, 3.05) is 26.3 Å². The predicted molar refractivity (Wildman–Crippen MR) is 135 cm³/mol. The van der Waals surface area contributed by atoms with E-state index in [4.69, 9.17) is 9.84 Å². The van der Waals surface area contributed by atoms with Gasteiger partial charge < -0.3 is 14.6 Å². The summed E-state index contributed by atoms with van der Waals surface area (Å²) in [6.07, 6.45) is 13.7. The highest BCUT2D eigenvalue weighted by Gasteiger charge is 2.52. The maximum atomic E-state index is 13.3. The molecule has 1 amide bonds. The van der Waals surface area contributed by atoms with Crippen molar-refractivity contribution in [3.05, 3.63) is 31.0 Å². The Labute approximate surface area is 215 Å². The fourth-order valence-electron chi connectivity index (χ4n) is 7.22. The van der Waals surface area contributed by atoms with Crippen molar-refractivity contribution in [2.45, 2.75) is 68.6 Å². The Kier molecular flexibility index (Phi) is 5.52. The molecule has 2 unspecified atom stereocenters. The molecule has 1 N–H and O–H groups in total. The quantitative estimate of drug-likeness (QED) is 0.573. The largest absolute Gasteiger partial charge is 0.381 e. The van der Waals surface area contributed by atoms with E-state index in [9.17, 15) is 10.1 Å². The minimum atomic E-state index is -0.328. The van der Waals surface area contributed by atoms with E-state index in [1.807, 2.05) is 29.3 Å². The van der Waals surface area contributed by atoms with Crippen molar-refractivity contribution in [2.24, 2.45) is 5.92 Å². The molecule has 3 aromatic rings. The molecule has 2 bridgehead atoms. The third-order valence-corrected chi connectivity index (χ3v) is 9.15. The lowest BCUT2D eigenvalue weighted by atomic mass is 9.82. The summed E-state index contributed by atoms with van der Waals surface area (Å²) < 4.78 is 7.47. The molecule has 10 nitrogen and oxygen atoms in total. The molecule has 4 fully saturated rings. The molecule has 37 heavy (non-hydrogen) atoms. The molecule has 4 aliphatic heterocycles. The molecular weight excluding hydrogens is 468 g/mol. The molecule has 0 aromatic carbocycles. The van der Waals surface area contributed by atoms with Crippen molar-refractivity contribution < 1.29 is 9.53 Å². The normalized spacial score (nSPS) is 27.8. The molecule has 2 atom stereocenters. The second-order valence-electron chi connectivity index (χ2n) is 11.2. The van der Waals surface area contributed by atoms with Gasteiger partial charge in [-0.25, -0.2) is 9.97 Å². The lowest BCUT2D eigenvalue weighted by Gasteiger charge is -2.55. The van der Waals surface area contributed by atoms with Crippen LogP contribution >= 0.6 is 0 Å². The maximum Gasteiger partial charge on any atom is 0.226 e. The van der Waals surface area contributed by atoms with Gasteiger partial charge in [0.1, 0.15) is 17.5 Å². The van der Waals surface area contributed by atoms with Gasteiger partial charge in [-0.2, -0.15) is 10.4 Å². The average molecular weight is 501 g/mol. The van der Waals surface area contributed by atoms with Crippen molar-refractivity contribution >= 4 is 16.9 Å². The number of nitrogens with one attached hydrogen (secondary N) is 1. The van der Waals surface area contributed by atoms with Gasteiger partial charge in [-0.3, -0.25) is 14.4 Å². The number of amides is 1. The Morgan fingerprint density at radius 1 is 1.14 bits per heavy atom. The lowest BCUT2D eigenvalue weighted by molar-refractivity contribution is -0.145. The molecule has 4 aliphatic rings. The van der Waals surface area contributed by atoms with Crippen LogP contribution in [0.1, 0.15) is 44.9 Å². The summed E-state index contributed by atoms with van der Waals surface area (Å²) in [6.45, 7) is 3.03. The van der Waals surface area contributed by atoms with Crippen LogP contribution in [0.15, 0.2) is 31.0 Å². The summed E-state index contributed by atoms with van der Waals surface area (Å²) in [5.41, 5.74) is 2.25. The number of nitriles is 1. The number of rotatable bonds is 5. The molecule has 0 radical (unpaired) electrons. The van der Waals surface area contributed by atoms with E-state index in [-0.39, 0.29) is 11.5 Å². The predicted octanol–water partition coefficient (Wildman–Crippen LogP) is 2.69. The van der Waals surface area contributed by atoms with Crippen LogP contribution < -0.4 is 0 Å². The van der Waals surface area contributed by atoms with E-state index < -0.39 is 0 Å². The number of carbonyl (C=O) groups excluding carboxylic acids is 1. The number of fused-ring (bicyclic) bond motifs is 3. The van der Waals surface area contributed by atoms with E-state index in [1.165, 1.54) is 0 Å². The molecule has 7 heterocycles. The van der Waals surface area contributed by atoms with Crippen LogP contribution in [0.25, 0.3) is 22.3 Å². The number of hydrogen-bond acceptors (Lipinski definition) is 7. The van der Waals surface area contributed by atoms with Gasteiger partial charge >= 0.3 is 0 Å². The lowest BCUT2D eigenvalue weighted by Crippen LogP contribution is -2.67. The fourth-order valence-corrected chi connectivity index (χ4v) is 7.22. The average Bonchev–Trinajstić information content (AvgIpc) is 3.64. The molecule has 0 spiro atoms. The summed E-state index contributed by atoms with van der Waals surface area (Å²) in [5.74, 6) is 0.499. The molecule has 4 saturated heterocycles. The van der Waals surface area contributed by atoms with Gasteiger partial charge in [0.15, 0.2) is 0 Å². The summed E-state index contributed by atoms with van der Waals surface area (Å²) in [4.78, 5) is 30.0. The molecular formula is C27H32N8O2. The van der Waals surface area contributed by atoms with Crippen molar-refractivity contribution in [3.63, 3.8) is 0 Å². The Bertz CT molecular complexity index is 1330. The zero-order valence-corrected chi connectivity index (χ0v) is 20.9. The number of piperidine rings is 1. The first-order valence-corrected chi connectivity index (χ1v) is 13.5. The highest BCUT2D eigenvalue weighted by atomic mass is 16.5. The Morgan fingerprint density at radius 2 is 1.92 bits per heavy atom. The summed E-state index contributed by atoms with van der Waals surface area (Å²) in [7, 11) is 0. The highest BCUT2D eigenvalue weighted by molar-refractivity contribution is 5.90. The van der Waals surface area contributed by atoms with E-state index in [0.29, 0.717) is 43.7 Å². The fraction of sp³-hybridized carbons (Fsp3) is 0.593. The van der Waals surface area contributed by atoms with Crippen molar-refractivity contribution in [3.8, 4) is 17.3 Å². The number of likely N-dealkylation sites (tertiary alicyclic amines) is 1. The number of ether oxygens (including phenoxy) is 1. The maximum absolute atomic E-state index is 13.3. The first kappa shape index (κ1) is 22.9. The van der Waals surface area contributed by atoms with Crippen LogP contribution in [0.2, 0.25) is 0 Å². The minimum absolute atomic E-state index is 0.136. The number of hydrogen-bond donors (Lipinski definition) is 1. The molecule has 0 saturated carbocycles. The van der Waals surface area contributed by atoms with Gasteiger partial charge in [-0.1, -0.05) is 0 Å². The number of aromatic nitrogens is 5.